The molecule has 0 unspecified atom stereocenters. The number of aryl methyl sites for hydroxylation is 1. The molecule has 7 heteroatoms. The van der Waals surface area contributed by atoms with Crippen molar-refractivity contribution in [3.63, 3.8) is 0 Å². The summed E-state index contributed by atoms with van der Waals surface area (Å²) in [7, 11) is 1.78. The van der Waals surface area contributed by atoms with Crippen LogP contribution in [0.4, 0.5) is 4.79 Å². The van der Waals surface area contributed by atoms with Gasteiger partial charge in [-0.25, -0.2) is 4.79 Å². The van der Waals surface area contributed by atoms with Gasteiger partial charge in [0.05, 0.1) is 12.7 Å². The molecule has 120 valence electrons. The molecule has 0 radical (unpaired) electrons. The number of nitrogens with zero attached hydrogens (tertiary/aromatic N) is 2. The summed E-state index contributed by atoms with van der Waals surface area (Å²) in [5.41, 5.74) is 0.726. The van der Waals surface area contributed by atoms with Crippen molar-refractivity contribution in [2.75, 3.05) is 6.54 Å². The summed E-state index contributed by atoms with van der Waals surface area (Å²) < 4.78 is 1.62. The first-order valence-corrected chi connectivity index (χ1v) is 8.08. The van der Waals surface area contributed by atoms with Crippen LogP contribution in [0.1, 0.15) is 25.0 Å². The Morgan fingerprint density at radius 3 is 2.95 bits per heavy atom. The van der Waals surface area contributed by atoms with Gasteiger partial charge >= 0.3 is 6.03 Å². The van der Waals surface area contributed by atoms with Crippen molar-refractivity contribution < 1.29 is 9.90 Å². The summed E-state index contributed by atoms with van der Waals surface area (Å²) in [6.07, 6.45) is 4.12. The van der Waals surface area contributed by atoms with Gasteiger partial charge in [-0.15, -0.1) is 0 Å². The van der Waals surface area contributed by atoms with Gasteiger partial charge in [-0.2, -0.15) is 16.4 Å². The minimum Gasteiger partial charge on any atom is -0.383 e. The maximum atomic E-state index is 11.9. The maximum absolute atomic E-state index is 11.9. The van der Waals surface area contributed by atoms with Gasteiger partial charge in [0.2, 0.25) is 0 Å². The Labute approximate surface area is 134 Å². The van der Waals surface area contributed by atoms with E-state index < -0.39 is 5.60 Å². The van der Waals surface area contributed by atoms with E-state index in [0.29, 0.717) is 5.56 Å². The molecular weight excluding hydrogens is 300 g/mol. The average Bonchev–Trinajstić information content (AvgIpc) is 3.08. The van der Waals surface area contributed by atoms with Crippen molar-refractivity contribution in [2.24, 2.45) is 7.05 Å². The molecule has 0 aromatic carbocycles. The van der Waals surface area contributed by atoms with Crippen LogP contribution in [0.2, 0.25) is 0 Å². The van der Waals surface area contributed by atoms with E-state index in [0.717, 1.165) is 6.42 Å². The van der Waals surface area contributed by atoms with E-state index in [9.17, 15) is 9.90 Å². The maximum Gasteiger partial charge on any atom is 0.315 e. The summed E-state index contributed by atoms with van der Waals surface area (Å²) in [5, 5.41) is 24.1. The predicted octanol–water partition coefficient (Wildman–Crippen LogP) is 1.62. The number of carbonyl (C=O) groups excluding carboxylic acids is 1. The van der Waals surface area contributed by atoms with Crippen LogP contribution >= 0.6 is 11.3 Å². The molecule has 2 aromatic rings. The van der Waals surface area contributed by atoms with E-state index in [-0.39, 0.29) is 18.6 Å². The van der Waals surface area contributed by atoms with Gasteiger partial charge < -0.3 is 15.7 Å². The van der Waals surface area contributed by atoms with Gasteiger partial charge in [-0.3, -0.25) is 4.68 Å². The fourth-order valence-electron chi connectivity index (χ4n) is 2.14. The topological polar surface area (TPSA) is 79.2 Å². The van der Waals surface area contributed by atoms with E-state index >= 15 is 0 Å². The number of urea groups is 1. The molecule has 0 aliphatic rings. The second-order valence-electron chi connectivity index (χ2n) is 5.74. The first-order valence-electron chi connectivity index (χ1n) is 7.14. The molecule has 0 aliphatic carbocycles. The minimum absolute atomic E-state index is 0.0259. The second kappa shape index (κ2) is 6.93. The number of nitrogens with one attached hydrogen (secondary N) is 2. The van der Waals surface area contributed by atoms with Crippen LogP contribution in [0.3, 0.4) is 0 Å². The lowest BCUT2D eigenvalue weighted by Crippen LogP contribution is -2.46. The van der Waals surface area contributed by atoms with Crippen LogP contribution in [0.5, 0.6) is 0 Å². The Kier molecular flexibility index (Phi) is 5.20. The zero-order valence-electron chi connectivity index (χ0n) is 13.0. The van der Waals surface area contributed by atoms with E-state index in [1.165, 1.54) is 5.56 Å². The predicted molar refractivity (Wildman–Crippen MR) is 86.8 cm³/mol. The zero-order chi connectivity index (χ0) is 16.2. The second-order valence-corrected chi connectivity index (χ2v) is 6.52. The molecule has 0 aliphatic heterocycles. The molecule has 0 saturated heterocycles. The highest BCUT2D eigenvalue weighted by Crippen LogP contribution is 2.18. The lowest BCUT2D eigenvalue weighted by Gasteiger charge is -2.23. The Balaban J connectivity index is 1.79. The molecule has 2 atom stereocenters. The highest BCUT2D eigenvalue weighted by Gasteiger charge is 2.25. The van der Waals surface area contributed by atoms with E-state index in [1.807, 2.05) is 18.4 Å². The van der Waals surface area contributed by atoms with Gasteiger partial charge in [-0.1, -0.05) is 0 Å². The first kappa shape index (κ1) is 16.5. The third-order valence-electron chi connectivity index (χ3n) is 3.42. The van der Waals surface area contributed by atoms with Crippen molar-refractivity contribution in [2.45, 2.75) is 31.9 Å². The molecule has 6 nitrogen and oxygen atoms in total. The summed E-state index contributed by atoms with van der Waals surface area (Å²) in [4.78, 5) is 11.9. The minimum atomic E-state index is -1.15. The summed E-state index contributed by atoms with van der Waals surface area (Å²) in [6, 6.07) is 1.79. The molecule has 2 rings (SSSR count). The Hall–Kier alpha value is -1.86. The van der Waals surface area contributed by atoms with Crippen LogP contribution in [0, 0.1) is 0 Å². The molecule has 0 fully saturated rings. The zero-order valence-corrected chi connectivity index (χ0v) is 13.9. The van der Waals surface area contributed by atoms with Crippen molar-refractivity contribution in [3.8, 4) is 0 Å². The van der Waals surface area contributed by atoms with Crippen LogP contribution < -0.4 is 10.6 Å². The number of rotatable bonds is 6. The molecule has 22 heavy (non-hydrogen) atoms. The molecule has 0 bridgehead atoms. The number of hydrogen-bond donors (Lipinski definition) is 3. The number of amides is 2. The SMILES string of the molecule is C[C@H](Cc1ccsc1)NC(=O)NC[C@](C)(O)c1cnn(C)c1. The number of hydrogen-bond acceptors (Lipinski definition) is 4. The molecular formula is C15H22N4O2S. The van der Waals surface area contributed by atoms with Crippen LogP contribution in [-0.4, -0.2) is 33.5 Å². The Morgan fingerprint density at radius 1 is 1.59 bits per heavy atom. The molecule has 2 aromatic heterocycles. The normalized spacial score (nSPS) is 15.1. The number of aliphatic hydroxyl groups is 1. The van der Waals surface area contributed by atoms with Crippen molar-refractivity contribution in [3.05, 3.63) is 40.3 Å². The molecule has 2 heterocycles. The first-order chi connectivity index (χ1) is 10.4. The smallest absolute Gasteiger partial charge is 0.315 e. The van der Waals surface area contributed by atoms with Crippen LogP contribution in [0.15, 0.2) is 29.2 Å². The number of thiophene rings is 1. The monoisotopic (exact) mass is 322 g/mol. The van der Waals surface area contributed by atoms with E-state index in [4.69, 9.17) is 0 Å². The summed E-state index contributed by atoms with van der Waals surface area (Å²) in [6.45, 7) is 3.73. The van der Waals surface area contributed by atoms with Gasteiger partial charge in [0.25, 0.3) is 0 Å². The number of carbonyl (C=O) groups is 1. The summed E-state index contributed by atoms with van der Waals surface area (Å²) in [5.74, 6) is 0. The highest BCUT2D eigenvalue weighted by molar-refractivity contribution is 7.07. The third-order valence-corrected chi connectivity index (χ3v) is 4.15. The van der Waals surface area contributed by atoms with Crippen LogP contribution in [0.25, 0.3) is 0 Å². The standard InChI is InChI=1S/C15H22N4O2S/c1-11(6-12-4-5-22-9-12)18-14(20)16-10-15(2,21)13-7-17-19(3)8-13/h4-5,7-9,11,21H,6,10H2,1-3H3,(H2,16,18,20)/t11-,15+/m1/s1. The van der Waals surface area contributed by atoms with Crippen molar-refractivity contribution in [1.29, 1.82) is 0 Å². The molecule has 3 N–H and O–H groups in total. The lowest BCUT2D eigenvalue weighted by atomic mass is 10.00. The lowest BCUT2D eigenvalue weighted by molar-refractivity contribution is 0.0592. The van der Waals surface area contributed by atoms with E-state index in [1.54, 1.807) is 42.4 Å². The summed E-state index contributed by atoms with van der Waals surface area (Å²) >= 11 is 1.64. The molecule has 2 amide bonds. The molecule has 0 saturated carbocycles. The quantitative estimate of drug-likeness (QED) is 0.756. The van der Waals surface area contributed by atoms with Gasteiger partial charge in [0.15, 0.2) is 0 Å². The number of aromatic nitrogens is 2. The average molecular weight is 322 g/mol. The van der Waals surface area contributed by atoms with Crippen LogP contribution in [-0.2, 0) is 19.1 Å². The fourth-order valence-corrected chi connectivity index (χ4v) is 2.82. The fraction of sp³-hybridized carbons (Fsp3) is 0.467. The third kappa shape index (κ3) is 4.57. The highest BCUT2D eigenvalue weighted by atomic mass is 32.1. The van der Waals surface area contributed by atoms with Gasteiger partial charge in [0.1, 0.15) is 5.60 Å². The van der Waals surface area contributed by atoms with Gasteiger partial charge in [0, 0.05) is 24.8 Å². The van der Waals surface area contributed by atoms with Crippen molar-refractivity contribution >= 4 is 17.4 Å². The van der Waals surface area contributed by atoms with E-state index in [2.05, 4.69) is 21.1 Å². The van der Waals surface area contributed by atoms with Crippen molar-refractivity contribution in [1.82, 2.24) is 20.4 Å². The Bertz CT molecular complexity index is 607. The van der Waals surface area contributed by atoms with Gasteiger partial charge in [-0.05, 0) is 42.7 Å². The Morgan fingerprint density at radius 2 is 2.36 bits per heavy atom. The molecule has 0 spiro atoms. The largest absolute Gasteiger partial charge is 0.383 e.